The number of hydrogen-bond donors (Lipinski definition) is 1. The molecule has 2 aliphatic carbocycles. The van der Waals surface area contributed by atoms with Gasteiger partial charge in [-0.05, 0) is 43.9 Å². The highest BCUT2D eigenvalue weighted by Gasteiger charge is 2.48. The van der Waals surface area contributed by atoms with Crippen LogP contribution < -0.4 is 0 Å². The van der Waals surface area contributed by atoms with Gasteiger partial charge in [0, 0.05) is 5.92 Å². The summed E-state index contributed by atoms with van der Waals surface area (Å²) in [7, 11) is 0. The lowest BCUT2D eigenvalue weighted by Gasteiger charge is -2.51. The second-order valence-corrected chi connectivity index (χ2v) is 6.74. The molecule has 0 aromatic carbocycles. The van der Waals surface area contributed by atoms with Gasteiger partial charge in [-0.25, -0.2) is 0 Å². The van der Waals surface area contributed by atoms with Crippen molar-refractivity contribution in [2.45, 2.75) is 65.4 Å². The molecule has 0 bridgehead atoms. The van der Waals surface area contributed by atoms with Gasteiger partial charge in [0.25, 0.3) is 0 Å². The molecular weight excluding hydrogens is 196 g/mol. The smallest absolute Gasteiger partial charge is 0.0687 e. The van der Waals surface area contributed by atoms with Crippen LogP contribution >= 0.6 is 0 Å². The van der Waals surface area contributed by atoms with Crippen LogP contribution in [-0.2, 0) is 0 Å². The molecule has 1 N–H and O–H groups in total. The van der Waals surface area contributed by atoms with Crippen molar-refractivity contribution in [1.29, 1.82) is 0 Å². The summed E-state index contributed by atoms with van der Waals surface area (Å²) >= 11 is 0. The second-order valence-electron chi connectivity index (χ2n) is 6.74. The van der Waals surface area contributed by atoms with Crippen molar-refractivity contribution >= 4 is 0 Å². The summed E-state index contributed by atoms with van der Waals surface area (Å²) in [5.41, 5.74) is 1.43. The van der Waals surface area contributed by atoms with Gasteiger partial charge in [0.1, 0.15) is 0 Å². The minimum atomic E-state index is -0.479. The highest BCUT2D eigenvalue weighted by Crippen LogP contribution is 2.53. The van der Waals surface area contributed by atoms with Gasteiger partial charge >= 0.3 is 0 Å². The largest absolute Gasteiger partial charge is 0.390 e. The topological polar surface area (TPSA) is 20.2 Å². The Bertz CT molecular complexity index is 301. The van der Waals surface area contributed by atoms with Gasteiger partial charge < -0.3 is 5.11 Å². The molecule has 2 rings (SSSR count). The molecule has 0 radical (unpaired) electrons. The van der Waals surface area contributed by atoms with E-state index in [0.717, 1.165) is 6.42 Å². The molecule has 0 aromatic heterocycles. The number of aliphatic hydroxyl groups is 1. The maximum Gasteiger partial charge on any atom is 0.0687 e. The zero-order valence-electron chi connectivity index (χ0n) is 11.2. The van der Waals surface area contributed by atoms with Crippen molar-refractivity contribution in [2.75, 3.05) is 0 Å². The molecule has 0 spiro atoms. The van der Waals surface area contributed by atoms with E-state index in [1.165, 1.54) is 25.7 Å². The second kappa shape index (κ2) is 3.87. The molecule has 1 nitrogen and oxygen atoms in total. The van der Waals surface area contributed by atoms with Crippen LogP contribution in [0.25, 0.3) is 0 Å². The Morgan fingerprint density at radius 2 is 1.94 bits per heavy atom. The molecule has 0 amide bonds. The Hall–Kier alpha value is -0.300. The maximum atomic E-state index is 10.6. The molecule has 92 valence electrons. The normalized spacial score (nSPS) is 44.1. The van der Waals surface area contributed by atoms with E-state index in [2.05, 4.69) is 26.8 Å². The summed E-state index contributed by atoms with van der Waals surface area (Å²) in [6.07, 6.45) is 8.35. The zero-order valence-corrected chi connectivity index (χ0v) is 11.2. The highest BCUT2D eigenvalue weighted by molar-refractivity contribution is 5.19. The summed E-state index contributed by atoms with van der Waals surface area (Å²) in [5, 5.41) is 10.6. The Balaban J connectivity index is 2.33. The Labute approximate surface area is 99.9 Å². The maximum absolute atomic E-state index is 10.6. The van der Waals surface area contributed by atoms with Crippen molar-refractivity contribution < 1.29 is 5.11 Å². The average Bonchev–Trinajstić information content (AvgIpc) is 2.15. The molecule has 0 unspecified atom stereocenters. The van der Waals surface area contributed by atoms with E-state index in [-0.39, 0.29) is 0 Å². The molecule has 1 heteroatoms. The minimum absolute atomic E-state index is 0.347. The van der Waals surface area contributed by atoms with E-state index >= 15 is 0 Å². The van der Waals surface area contributed by atoms with Gasteiger partial charge in [-0.15, -0.1) is 0 Å². The third kappa shape index (κ3) is 1.95. The number of hydrogen-bond acceptors (Lipinski definition) is 1. The summed E-state index contributed by atoms with van der Waals surface area (Å²) in [4.78, 5) is 0. The molecule has 0 heterocycles. The van der Waals surface area contributed by atoms with Crippen molar-refractivity contribution in [3.05, 3.63) is 11.6 Å². The fraction of sp³-hybridized carbons (Fsp3) is 0.867. The minimum Gasteiger partial charge on any atom is -0.390 e. The predicted octanol–water partition coefficient (Wildman–Crippen LogP) is 3.92. The van der Waals surface area contributed by atoms with Gasteiger partial charge in [-0.2, -0.15) is 0 Å². The van der Waals surface area contributed by atoms with Crippen LogP contribution in [0.5, 0.6) is 0 Å². The van der Waals surface area contributed by atoms with Gasteiger partial charge in [-0.1, -0.05) is 38.8 Å². The first-order valence-electron chi connectivity index (χ1n) is 6.78. The summed E-state index contributed by atoms with van der Waals surface area (Å²) in [6, 6.07) is 0. The first-order valence-corrected chi connectivity index (χ1v) is 6.78. The molecule has 3 atom stereocenters. The summed E-state index contributed by atoms with van der Waals surface area (Å²) in [6.45, 7) is 8.95. The Morgan fingerprint density at radius 1 is 1.25 bits per heavy atom. The first-order chi connectivity index (χ1) is 7.35. The lowest BCUT2D eigenvalue weighted by atomic mass is 9.56. The highest BCUT2D eigenvalue weighted by atomic mass is 16.3. The van der Waals surface area contributed by atoms with Crippen molar-refractivity contribution in [1.82, 2.24) is 0 Å². The van der Waals surface area contributed by atoms with Crippen LogP contribution in [0.2, 0.25) is 0 Å². The average molecular weight is 222 g/mol. The van der Waals surface area contributed by atoms with E-state index in [1.54, 1.807) is 5.57 Å². The Morgan fingerprint density at radius 3 is 2.56 bits per heavy atom. The van der Waals surface area contributed by atoms with Gasteiger partial charge in [-0.3, -0.25) is 0 Å². The fourth-order valence-electron chi connectivity index (χ4n) is 3.78. The molecule has 0 saturated heterocycles. The number of fused-ring (bicyclic) bond motifs is 1. The molecule has 2 aliphatic rings. The molecule has 1 fully saturated rings. The molecule has 16 heavy (non-hydrogen) atoms. The third-order valence-corrected chi connectivity index (χ3v) is 4.96. The lowest BCUT2D eigenvalue weighted by molar-refractivity contribution is -0.0797. The van der Waals surface area contributed by atoms with Crippen LogP contribution in [-0.4, -0.2) is 10.7 Å². The predicted molar refractivity (Wildman–Crippen MR) is 68.2 cm³/mol. The standard InChI is InChI=1S/C15H26O/c1-11(2)12-6-9-14(3)7-5-8-15(4,16)13(14)10-12/h10-11,13,16H,5-9H2,1-4H3/t13-,14-,15+/m1/s1. The molecular formula is C15H26O. The van der Waals surface area contributed by atoms with Crippen molar-refractivity contribution in [3.8, 4) is 0 Å². The monoisotopic (exact) mass is 222 g/mol. The van der Waals surface area contributed by atoms with Gasteiger partial charge in [0.2, 0.25) is 0 Å². The van der Waals surface area contributed by atoms with E-state index in [0.29, 0.717) is 17.3 Å². The Kier molecular flexibility index (Phi) is 2.94. The van der Waals surface area contributed by atoms with Crippen LogP contribution in [0.1, 0.15) is 59.8 Å². The van der Waals surface area contributed by atoms with E-state index in [4.69, 9.17) is 0 Å². The summed E-state index contributed by atoms with van der Waals surface area (Å²) in [5.74, 6) is 1.02. The van der Waals surface area contributed by atoms with Gasteiger partial charge in [0.15, 0.2) is 0 Å². The van der Waals surface area contributed by atoms with Crippen LogP contribution in [0.3, 0.4) is 0 Å². The van der Waals surface area contributed by atoms with Gasteiger partial charge in [0.05, 0.1) is 5.60 Å². The van der Waals surface area contributed by atoms with Crippen LogP contribution in [0, 0.1) is 17.3 Å². The van der Waals surface area contributed by atoms with E-state index in [9.17, 15) is 5.11 Å². The fourth-order valence-corrected chi connectivity index (χ4v) is 3.78. The zero-order chi connectivity index (χ0) is 12.0. The third-order valence-electron chi connectivity index (χ3n) is 4.96. The number of rotatable bonds is 1. The quantitative estimate of drug-likeness (QED) is 0.667. The first kappa shape index (κ1) is 12.2. The number of allylic oxidation sites excluding steroid dienone is 1. The summed E-state index contributed by atoms with van der Waals surface area (Å²) < 4.78 is 0. The lowest BCUT2D eigenvalue weighted by Crippen LogP contribution is -2.48. The SMILES string of the molecule is CC(C)C1=C[C@@H]2[C@](C)(CCC[C@]2(C)O)CC1. The van der Waals surface area contributed by atoms with Crippen LogP contribution in [0.15, 0.2) is 11.6 Å². The van der Waals surface area contributed by atoms with E-state index in [1.807, 2.05) is 6.92 Å². The molecule has 0 aromatic rings. The molecule has 0 aliphatic heterocycles. The van der Waals surface area contributed by atoms with Crippen LogP contribution in [0.4, 0.5) is 0 Å². The molecule has 1 saturated carbocycles. The van der Waals surface area contributed by atoms with Crippen molar-refractivity contribution in [2.24, 2.45) is 17.3 Å². The van der Waals surface area contributed by atoms with E-state index < -0.39 is 5.60 Å². The van der Waals surface area contributed by atoms with Crippen molar-refractivity contribution in [3.63, 3.8) is 0 Å².